The molecular formula is C24H23ClN2O3S. The third-order valence-corrected chi connectivity index (χ3v) is 7.18. The van der Waals surface area contributed by atoms with Crippen LogP contribution in [-0.4, -0.2) is 20.4 Å². The molecule has 3 aromatic rings. The predicted molar refractivity (Wildman–Crippen MR) is 123 cm³/mol. The van der Waals surface area contributed by atoms with E-state index in [4.69, 9.17) is 11.6 Å². The number of nitrogens with one attached hydrogen (secondary N) is 1. The first-order chi connectivity index (χ1) is 14.8. The lowest BCUT2D eigenvalue weighted by atomic mass is 10.1. The van der Waals surface area contributed by atoms with E-state index in [0.717, 1.165) is 24.0 Å². The number of carbonyl (C=O) groups is 1. The van der Waals surface area contributed by atoms with Gasteiger partial charge in [0.2, 0.25) is 0 Å². The van der Waals surface area contributed by atoms with Crippen LogP contribution in [-0.2, 0) is 16.6 Å². The first-order valence-electron chi connectivity index (χ1n) is 10.1. The summed E-state index contributed by atoms with van der Waals surface area (Å²) in [6.45, 7) is 2.02. The number of hydrogen-bond acceptors (Lipinski definition) is 3. The van der Waals surface area contributed by atoms with E-state index in [-0.39, 0.29) is 23.4 Å². The van der Waals surface area contributed by atoms with Crippen molar-refractivity contribution in [1.29, 1.82) is 0 Å². The molecule has 0 saturated heterocycles. The van der Waals surface area contributed by atoms with Crippen LogP contribution >= 0.6 is 11.6 Å². The lowest BCUT2D eigenvalue weighted by Crippen LogP contribution is -2.30. The molecule has 0 aromatic heterocycles. The molecule has 0 bridgehead atoms. The molecule has 0 radical (unpaired) electrons. The summed E-state index contributed by atoms with van der Waals surface area (Å²) < 4.78 is 28.3. The number of halogens is 1. The smallest absolute Gasteiger partial charge is 0.264 e. The van der Waals surface area contributed by atoms with Crippen LogP contribution in [0.4, 0.5) is 5.69 Å². The second-order valence-corrected chi connectivity index (χ2v) is 10.0. The average Bonchev–Trinajstić information content (AvgIpc) is 3.56. The third kappa shape index (κ3) is 5.09. The van der Waals surface area contributed by atoms with Gasteiger partial charge in [-0.2, -0.15) is 0 Å². The summed E-state index contributed by atoms with van der Waals surface area (Å²) in [5, 5.41) is 3.41. The molecule has 1 fully saturated rings. The number of benzene rings is 3. The van der Waals surface area contributed by atoms with E-state index >= 15 is 0 Å². The van der Waals surface area contributed by atoms with Crippen LogP contribution in [0.25, 0.3) is 0 Å². The summed E-state index contributed by atoms with van der Waals surface area (Å²) in [6.07, 6.45) is 2.05. The largest absolute Gasteiger partial charge is 0.349 e. The van der Waals surface area contributed by atoms with Gasteiger partial charge in [-0.05, 0) is 67.8 Å². The van der Waals surface area contributed by atoms with Gasteiger partial charge in [-0.25, -0.2) is 8.42 Å². The Morgan fingerprint density at radius 3 is 2.32 bits per heavy atom. The zero-order valence-corrected chi connectivity index (χ0v) is 18.7. The summed E-state index contributed by atoms with van der Waals surface area (Å²) in [5.41, 5.74) is 2.78. The lowest BCUT2D eigenvalue weighted by Gasteiger charge is -2.25. The number of sulfonamides is 1. The van der Waals surface area contributed by atoms with Gasteiger partial charge in [0.15, 0.2) is 0 Å². The summed E-state index contributed by atoms with van der Waals surface area (Å²) in [4.78, 5) is 12.4. The van der Waals surface area contributed by atoms with Crippen LogP contribution < -0.4 is 9.62 Å². The highest BCUT2D eigenvalue weighted by atomic mass is 35.5. The molecule has 31 heavy (non-hydrogen) atoms. The minimum atomic E-state index is -3.82. The van der Waals surface area contributed by atoms with Crippen molar-refractivity contribution < 1.29 is 13.2 Å². The van der Waals surface area contributed by atoms with Crippen LogP contribution in [0.3, 0.4) is 0 Å². The van der Waals surface area contributed by atoms with Gasteiger partial charge in [0, 0.05) is 16.6 Å². The van der Waals surface area contributed by atoms with E-state index in [1.165, 1.54) is 4.31 Å². The molecule has 1 aliphatic rings. The SMILES string of the molecule is Cc1ccc(S(=O)(=O)N(Cc2ccc(C(=O)NC3CC3)cc2)c2cccc(Cl)c2)cc1. The van der Waals surface area contributed by atoms with Crippen molar-refractivity contribution in [3.63, 3.8) is 0 Å². The van der Waals surface area contributed by atoms with Gasteiger partial charge in [0.05, 0.1) is 17.1 Å². The van der Waals surface area contributed by atoms with Gasteiger partial charge in [0.1, 0.15) is 0 Å². The van der Waals surface area contributed by atoms with Crippen molar-refractivity contribution in [3.8, 4) is 0 Å². The number of aryl methyl sites for hydroxylation is 1. The molecule has 160 valence electrons. The molecule has 5 nitrogen and oxygen atoms in total. The Kier molecular flexibility index (Phi) is 6.03. The maximum Gasteiger partial charge on any atom is 0.264 e. The molecule has 7 heteroatoms. The molecular weight excluding hydrogens is 432 g/mol. The van der Waals surface area contributed by atoms with E-state index in [0.29, 0.717) is 16.3 Å². The van der Waals surface area contributed by atoms with Crippen LogP contribution in [0, 0.1) is 6.92 Å². The fourth-order valence-electron chi connectivity index (χ4n) is 3.21. The Morgan fingerprint density at radius 2 is 1.71 bits per heavy atom. The second-order valence-electron chi connectivity index (χ2n) is 7.75. The molecule has 1 saturated carbocycles. The zero-order valence-electron chi connectivity index (χ0n) is 17.1. The number of carbonyl (C=O) groups excluding carboxylic acids is 1. The lowest BCUT2D eigenvalue weighted by molar-refractivity contribution is 0.0951. The molecule has 0 atom stereocenters. The highest BCUT2D eigenvalue weighted by molar-refractivity contribution is 7.92. The van der Waals surface area contributed by atoms with Crippen molar-refractivity contribution >= 4 is 33.2 Å². The molecule has 3 aromatic carbocycles. The number of nitrogens with zero attached hydrogens (tertiary/aromatic N) is 1. The topological polar surface area (TPSA) is 66.5 Å². The Morgan fingerprint density at radius 1 is 1.03 bits per heavy atom. The summed E-state index contributed by atoms with van der Waals surface area (Å²) >= 11 is 6.15. The normalized spacial score (nSPS) is 13.6. The van der Waals surface area contributed by atoms with Crippen LogP contribution in [0.15, 0.2) is 77.7 Å². The van der Waals surface area contributed by atoms with E-state index < -0.39 is 10.0 Å². The van der Waals surface area contributed by atoms with Crippen molar-refractivity contribution in [3.05, 3.63) is 94.5 Å². The Balaban J connectivity index is 1.64. The molecule has 1 aliphatic carbocycles. The number of anilines is 1. The fraction of sp³-hybridized carbons (Fsp3) is 0.208. The zero-order chi connectivity index (χ0) is 22.0. The van der Waals surface area contributed by atoms with Gasteiger partial charge in [-0.1, -0.05) is 47.5 Å². The van der Waals surface area contributed by atoms with Crippen molar-refractivity contribution in [2.45, 2.75) is 37.2 Å². The summed E-state index contributed by atoms with van der Waals surface area (Å²) in [5.74, 6) is -0.104. The molecule has 0 unspecified atom stereocenters. The fourth-order valence-corrected chi connectivity index (χ4v) is 4.84. The number of hydrogen-bond donors (Lipinski definition) is 1. The van der Waals surface area contributed by atoms with E-state index in [2.05, 4.69) is 5.32 Å². The molecule has 4 rings (SSSR count). The molecule has 0 heterocycles. The molecule has 0 spiro atoms. The highest BCUT2D eigenvalue weighted by Gasteiger charge is 2.26. The number of amides is 1. The van der Waals surface area contributed by atoms with Crippen LogP contribution in [0.2, 0.25) is 5.02 Å². The minimum Gasteiger partial charge on any atom is -0.349 e. The summed E-state index contributed by atoms with van der Waals surface area (Å²) in [7, 11) is -3.82. The van der Waals surface area contributed by atoms with Gasteiger partial charge in [0.25, 0.3) is 15.9 Å². The standard InChI is InChI=1S/C24H23ClN2O3S/c1-17-5-13-23(14-6-17)31(29,30)27(22-4-2-3-20(25)15-22)16-18-7-9-19(10-8-18)24(28)26-21-11-12-21/h2-10,13-15,21H,11-12,16H2,1H3,(H,26,28). The van der Waals surface area contributed by atoms with E-state index in [9.17, 15) is 13.2 Å². The van der Waals surface area contributed by atoms with Gasteiger partial charge in [-0.3, -0.25) is 9.10 Å². The molecule has 1 N–H and O–H groups in total. The maximum atomic E-state index is 13.5. The Hall–Kier alpha value is -2.83. The van der Waals surface area contributed by atoms with Gasteiger partial charge >= 0.3 is 0 Å². The number of rotatable bonds is 7. The summed E-state index contributed by atoms with van der Waals surface area (Å²) in [6, 6.07) is 20.8. The third-order valence-electron chi connectivity index (χ3n) is 5.16. The molecule has 0 aliphatic heterocycles. The van der Waals surface area contributed by atoms with E-state index in [1.807, 2.05) is 6.92 Å². The van der Waals surface area contributed by atoms with Crippen molar-refractivity contribution in [2.75, 3.05) is 4.31 Å². The van der Waals surface area contributed by atoms with Crippen LogP contribution in [0.5, 0.6) is 0 Å². The minimum absolute atomic E-state index is 0.104. The van der Waals surface area contributed by atoms with Crippen molar-refractivity contribution in [1.82, 2.24) is 5.32 Å². The van der Waals surface area contributed by atoms with Gasteiger partial charge < -0.3 is 5.32 Å². The first kappa shape index (κ1) is 21.4. The average molecular weight is 455 g/mol. The monoisotopic (exact) mass is 454 g/mol. The predicted octanol–water partition coefficient (Wildman–Crippen LogP) is 4.94. The first-order valence-corrected chi connectivity index (χ1v) is 11.9. The Labute approximate surface area is 187 Å². The van der Waals surface area contributed by atoms with Gasteiger partial charge in [-0.15, -0.1) is 0 Å². The maximum absolute atomic E-state index is 13.5. The Bertz CT molecular complexity index is 1190. The molecule has 1 amide bonds. The quantitative estimate of drug-likeness (QED) is 0.550. The highest BCUT2D eigenvalue weighted by Crippen LogP contribution is 2.28. The van der Waals surface area contributed by atoms with E-state index in [1.54, 1.807) is 72.8 Å². The second kappa shape index (κ2) is 8.73. The van der Waals surface area contributed by atoms with Crippen molar-refractivity contribution in [2.24, 2.45) is 0 Å². The van der Waals surface area contributed by atoms with Crippen LogP contribution in [0.1, 0.15) is 34.3 Å².